The number of aliphatic hydroxyl groups is 1. The van der Waals surface area contributed by atoms with Crippen LogP contribution in [0, 0.1) is 6.92 Å². The van der Waals surface area contributed by atoms with E-state index in [1.807, 2.05) is 29.8 Å². The molecule has 1 N–H and O–H groups in total. The molecule has 17 heavy (non-hydrogen) atoms. The molecule has 0 radical (unpaired) electrons. The number of nitrogens with zero attached hydrogens (tertiary/aromatic N) is 3. The molecule has 4 nitrogen and oxygen atoms in total. The van der Waals surface area contributed by atoms with Gasteiger partial charge in [-0.15, -0.1) is 5.10 Å². The van der Waals surface area contributed by atoms with Crippen molar-refractivity contribution >= 4 is 0 Å². The van der Waals surface area contributed by atoms with Crippen LogP contribution in [0.5, 0.6) is 0 Å². The Labute approximate surface area is 101 Å². The molecule has 0 bridgehead atoms. The van der Waals surface area contributed by atoms with Gasteiger partial charge in [0.15, 0.2) is 0 Å². The van der Waals surface area contributed by atoms with E-state index in [9.17, 15) is 5.11 Å². The number of aryl methyl sites for hydroxylation is 1. The number of hydrogen-bond donors (Lipinski definition) is 1. The maximum absolute atomic E-state index is 9.27. The smallest absolute Gasteiger partial charge is 0.112 e. The molecule has 0 aliphatic rings. The monoisotopic (exact) mass is 231 g/mol. The van der Waals surface area contributed by atoms with Gasteiger partial charge in [0.25, 0.3) is 0 Å². The lowest BCUT2D eigenvalue weighted by atomic mass is 10.1. The minimum Gasteiger partial charge on any atom is -0.390 e. The van der Waals surface area contributed by atoms with Gasteiger partial charge in [-0.05, 0) is 30.5 Å². The average Bonchev–Trinajstić information content (AvgIpc) is 2.72. The predicted octanol–water partition coefficient (Wildman–Crippen LogP) is 2.19. The third-order valence-electron chi connectivity index (χ3n) is 2.72. The summed E-state index contributed by atoms with van der Waals surface area (Å²) in [7, 11) is 0. The SMILES string of the molecule is Cc1cccc(-n2nnc(CO)c2C(C)C)c1. The number of hydrogen-bond acceptors (Lipinski definition) is 3. The summed E-state index contributed by atoms with van der Waals surface area (Å²) in [5, 5.41) is 17.4. The summed E-state index contributed by atoms with van der Waals surface area (Å²) in [5.41, 5.74) is 3.79. The van der Waals surface area contributed by atoms with E-state index in [2.05, 4.69) is 30.2 Å². The van der Waals surface area contributed by atoms with Crippen molar-refractivity contribution in [3.05, 3.63) is 41.2 Å². The Bertz CT molecular complexity index is 517. The zero-order valence-corrected chi connectivity index (χ0v) is 10.4. The zero-order valence-electron chi connectivity index (χ0n) is 10.4. The molecule has 0 amide bonds. The second-order valence-corrected chi connectivity index (χ2v) is 4.48. The highest BCUT2D eigenvalue weighted by atomic mass is 16.3. The molecule has 2 rings (SSSR count). The second kappa shape index (κ2) is 4.67. The molecule has 1 aromatic carbocycles. The van der Waals surface area contributed by atoms with Gasteiger partial charge in [-0.2, -0.15) is 0 Å². The Balaban J connectivity index is 2.56. The number of aromatic nitrogens is 3. The van der Waals surface area contributed by atoms with Crippen molar-refractivity contribution in [3.63, 3.8) is 0 Å². The molecule has 0 aliphatic heterocycles. The molecule has 2 aromatic rings. The van der Waals surface area contributed by atoms with E-state index in [0.717, 1.165) is 11.4 Å². The fraction of sp³-hybridized carbons (Fsp3) is 0.385. The van der Waals surface area contributed by atoms with Crippen LogP contribution in [0.15, 0.2) is 24.3 Å². The van der Waals surface area contributed by atoms with Gasteiger partial charge in [0, 0.05) is 0 Å². The molecule has 90 valence electrons. The van der Waals surface area contributed by atoms with Crippen molar-refractivity contribution < 1.29 is 5.11 Å². The average molecular weight is 231 g/mol. The fourth-order valence-corrected chi connectivity index (χ4v) is 1.96. The van der Waals surface area contributed by atoms with Gasteiger partial charge < -0.3 is 5.11 Å². The molecule has 0 spiro atoms. The van der Waals surface area contributed by atoms with Crippen LogP contribution in [0.4, 0.5) is 0 Å². The highest BCUT2D eigenvalue weighted by Gasteiger charge is 2.16. The molecule has 1 aromatic heterocycles. The first-order valence-electron chi connectivity index (χ1n) is 5.76. The highest BCUT2D eigenvalue weighted by Crippen LogP contribution is 2.21. The van der Waals surface area contributed by atoms with Gasteiger partial charge in [-0.3, -0.25) is 0 Å². The topological polar surface area (TPSA) is 50.9 Å². The first-order valence-corrected chi connectivity index (χ1v) is 5.76. The van der Waals surface area contributed by atoms with Crippen LogP contribution >= 0.6 is 0 Å². The van der Waals surface area contributed by atoms with E-state index in [0.29, 0.717) is 5.69 Å². The van der Waals surface area contributed by atoms with E-state index >= 15 is 0 Å². The van der Waals surface area contributed by atoms with Crippen LogP contribution in [0.3, 0.4) is 0 Å². The number of rotatable bonds is 3. The molecule has 1 heterocycles. The molecule has 4 heteroatoms. The molecule has 0 unspecified atom stereocenters. The highest BCUT2D eigenvalue weighted by molar-refractivity contribution is 5.37. The maximum atomic E-state index is 9.27. The van der Waals surface area contributed by atoms with Gasteiger partial charge in [-0.1, -0.05) is 31.2 Å². The predicted molar refractivity (Wildman–Crippen MR) is 66.1 cm³/mol. The summed E-state index contributed by atoms with van der Waals surface area (Å²) in [6.07, 6.45) is 0. The van der Waals surface area contributed by atoms with Crippen molar-refractivity contribution in [1.29, 1.82) is 0 Å². The van der Waals surface area contributed by atoms with Crippen LogP contribution in [-0.4, -0.2) is 20.1 Å². The van der Waals surface area contributed by atoms with Crippen molar-refractivity contribution in [2.75, 3.05) is 0 Å². The van der Waals surface area contributed by atoms with Crippen molar-refractivity contribution in [3.8, 4) is 5.69 Å². The van der Waals surface area contributed by atoms with E-state index in [1.165, 1.54) is 5.56 Å². The van der Waals surface area contributed by atoms with Crippen molar-refractivity contribution in [2.24, 2.45) is 0 Å². The van der Waals surface area contributed by atoms with Crippen LogP contribution in [0.1, 0.15) is 36.7 Å². The van der Waals surface area contributed by atoms with Gasteiger partial charge >= 0.3 is 0 Å². The Hall–Kier alpha value is -1.68. The van der Waals surface area contributed by atoms with E-state index in [4.69, 9.17) is 0 Å². The quantitative estimate of drug-likeness (QED) is 0.881. The second-order valence-electron chi connectivity index (χ2n) is 4.48. The standard InChI is InChI=1S/C13H17N3O/c1-9(2)13-12(8-17)14-15-16(13)11-6-4-5-10(3)7-11/h4-7,9,17H,8H2,1-3H3. The zero-order chi connectivity index (χ0) is 12.4. The van der Waals surface area contributed by atoms with Crippen molar-refractivity contribution in [1.82, 2.24) is 15.0 Å². The molecule has 0 saturated carbocycles. The minimum absolute atomic E-state index is 0.0701. The lowest BCUT2D eigenvalue weighted by molar-refractivity contribution is 0.275. The molecular formula is C13H17N3O. The molecule has 0 saturated heterocycles. The Morgan fingerprint density at radius 1 is 1.35 bits per heavy atom. The first kappa shape index (κ1) is 11.8. The molecular weight excluding hydrogens is 214 g/mol. The van der Waals surface area contributed by atoms with Crippen LogP contribution in [0.2, 0.25) is 0 Å². The van der Waals surface area contributed by atoms with Gasteiger partial charge in [0.1, 0.15) is 5.69 Å². The van der Waals surface area contributed by atoms with E-state index in [1.54, 1.807) is 0 Å². The van der Waals surface area contributed by atoms with Crippen molar-refractivity contribution in [2.45, 2.75) is 33.3 Å². The fourth-order valence-electron chi connectivity index (χ4n) is 1.96. The summed E-state index contributed by atoms with van der Waals surface area (Å²) >= 11 is 0. The lowest BCUT2D eigenvalue weighted by Gasteiger charge is -2.10. The minimum atomic E-state index is -0.0701. The summed E-state index contributed by atoms with van der Waals surface area (Å²) in [4.78, 5) is 0. The van der Waals surface area contributed by atoms with Gasteiger partial charge in [-0.25, -0.2) is 4.68 Å². The lowest BCUT2D eigenvalue weighted by Crippen LogP contribution is -2.05. The van der Waals surface area contributed by atoms with E-state index in [-0.39, 0.29) is 12.5 Å². The summed E-state index contributed by atoms with van der Waals surface area (Å²) < 4.78 is 1.81. The summed E-state index contributed by atoms with van der Waals surface area (Å²) in [6, 6.07) is 8.09. The van der Waals surface area contributed by atoms with Crippen LogP contribution in [0.25, 0.3) is 5.69 Å². The first-order chi connectivity index (χ1) is 8.13. The number of benzene rings is 1. The Morgan fingerprint density at radius 3 is 2.71 bits per heavy atom. The molecule has 0 aliphatic carbocycles. The Morgan fingerprint density at radius 2 is 2.12 bits per heavy atom. The van der Waals surface area contributed by atoms with Crippen LogP contribution in [-0.2, 0) is 6.61 Å². The Kier molecular flexibility index (Phi) is 3.24. The van der Waals surface area contributed by atoms with Crippen LogP contribution < -0.4 is 0 Å². The third-order valence-corrected chi connectivity index (χ3v) is 2.72. The molecule has 0 atom stereocenters. The van der Waals surface area contributed by atoms with Gasteiger partial charge in [0.2, 0.25) is 0 Å². The summed E-state index contributed by atoms with van der Waals surface area (Å²) in [6.45, 7) is 6.12. The van der Waals surface area contributed by atoms with Gasteiger partial charge in [0.05, 0.1) is 18.0 Å². The summed E-state index contributed by atoms with van der Waals surface area (Å²) in [5.74, 6) is 0.271. The maximum Gasteiger partial charge on any atom is 0.112 e. The van der Waals surface area contributed by atoms with E-state index < -0.39 is 0 Å². The molecule has 0 fully saturated rings. The normalized spacial score (nSPS) is 11.1. The largest absolute Gasteiger partial charge is 0.390 e. The third kappa shape index (κ3) is 2.22. The number of aliphatic hydroxyl groups excluding tert-OH is 1.